The van der Waals surface area contributed by atoms with E-state index in [0.29, 0.717) is 10.2 Å². The van der Waals surface area contributed by atoms with E-state index in [1.54, 1.807) is 12.1 Å². The number of rotatable bonds is 5. The van der Waals surface area contributed by atoms with Gasteiger partial charge in [-0.25, -0.2) is 0 Å². The van der Waals surface area contributed by atoms with Crippen LogP contribution >= 0.6 is 15.9 Å². The summed E-state index contributed by atoms with van der Waals surface area (Å²) in [7, 11) is 2.90. The molecule has 1 N–H and O–H groups in total. The highest BCUT2D eigenvalue weighted by Crippen LogP contribution is 2.42. The molecule has 0 aromatic heterocycles. The lowest BCUT2D eigenvalue weighted by Gasteiger charge is -2.13. The Morgan fingerprint density at radius 1 is 1.14 bits per heavy atom. The van der Waals surface area contributed by atoms with Crippen LogP contribution < -0.4 is 9.47 Å². The number of carbonyl (C=O) groups is 1. The molecule has 0 spiro atoms. The van der Waals surface area contributed by atoms with E-state index in [4.69, 9.17) is 9.47 Å². The van der Waals surface area contributed by atoms with Gasteiger partial charge in [0.05, 0.1) is 14.2 Å². The molecule has 2 aromatic rings. The minimum absolute atomic E-state index is 0.0855. The molecule has 0 heterocycles. The summed E-state index contributed by atoms with van der Waals surface area (Å²) in [4.78, 5) is 12.4. The molecule has 5 heteroatoms. The number of methoxy groups -OCH3 is 2. The number of phenols is 1. The van der Waals surface area contributed by atoms with Crippen molar-refractivity contribution >= 4 is 27.8 Å². The molecule has 0 saturated heterocycles. The SMILES string of the molecule is COc1cc(OC)c(C(=O)/C=C\c2ccccc2)c(O)c1Br. The van der Waals surface area contributed by atoms with Crippen LogP contribution in [0, 0.1) is 0 Å². The van der Waals surface area contributed by atoms with E-state index in [-0.39, 0.29) is 22.8 Å². The highest BCUT2D eigenvalue weighted by atomic mass is 79.9. The van der Waals surface area contributed by atoms with Crippen molar-refractivity contribution in [3.05, 3.63) is 58.1 Å². The number of allylic oxidation sites excluding steroid dienone is 1. The number of carbonyl (C=O) groups excluding carboxylic acids is 1. The Labute approximate surface area is 137 Å². The van der Waals surface area contributed by atoms with Crippen LogP contribution in [0.3, 0.4) is 0 Å². The summed E-state index contributed by atoms with van der Waals surface area (Å²) < 4.78 is 10.6. The third-order valence-electron chi connectivity index (χ3n) is 3.08. The topological polar surface area (TPSA) is 55.8 Å². The smallest absolute Gasteiger partial charge is 0.193 e. The second-order valence-electron chi connectivity index (χ2n) is 4.43. The summed E-state index contributed by atoms with van der Waals surface area (Å²) in [6.07, 6.45) is 3.07. The van der Waals surface area contributed by atoms with Gasteiger partial charge in [0.1, 0.15) is 27.3 Å². The van der Waals surface area contributed by atoms with Crippen LogP contribution in [-0.4, -0.2) is 25.1 Å². The molecule has 0 bridgehead atoms. The van der Waals surface area contributed by atoms with Crippen LogP contribution in [0.15, 0.2) is 46.9 Å². The van der Waals surface area contributed by atoms with Gasteiger partial charge in [-0.2, -0.15) is 0 Å². The monoisotopic (exact) mass is 362 g/mol. The van der Waals surface area contributed by atoms with Gasteiger partial charge in [0.2, 0.25) is 0 Å². The number of ketones is 1. The molecule has 2 aromatic carbocycles. The first kappa shape index (κ1) is 16.1. The van der Waals surface area contributed by atoms with E-state index in [2.05, 4.69) is 15.9 Å². The predicted molar refractivity (Wildman–Crippen MR) is 88.7 cm³/mol. The van der Waals surface area contributed by atoms with Crippen LogP contribution in [0.5, 0.6) is 17.2 Å². The lowest BCUT2D eigenvalue weighted by Crippen LogP contribution is -2.01. The highest BCUT2D eigenvalue weighted by Gasteiger charge is 2.21. The van der Waals surface area contributed by atoms with E-state index in [9.17, 15) is 9.90 Å². The predicted octanol–water partition coefficient (Wildman–Crippen LogP) is 4.07. The van der Waals surface area contributed by atoms with Gasteiger partial charge in [0.25, 0.3) is 0 Å². The number of benzene rings is 2. The Kier molecular flexibility index (Phi) is 5.22. The zero-order chi connectivity index (χ0) is 16.1. The maximum Gasteiger partial charge on any atom is 0.193 e. The van der Waals surface area contributed by atoms with Crippen LogP contribution in [0.1, 0.15) is 15.9 Å². The molecule has 0 aliphatic heterocycles. The van der Waals surface area contributed by atoms with Crippen LogP contribution in [0.25, 0.3) is 6.08 Å². The molecule has 0 radical (unpaired) electrons. The largest absolute Gasteiger partial charge is 0.506 e. The van der Waals surface area contributed by atoms with E-state index >= 15 is 0 Å². The molecule has 22 heavy (non-hydrogen) atoms. The number of halogens is 1. The first-order chi connectivity index (χ1) is 10.6. The van der Waals surface area contributed by atoms with E-state index in [1.165, 1.54) is 20.3 Å². The molecular weight excluding hydrogens is 348 g/mol. The molecule has 2 rings (SSSR count). The Bertz CT molecular complexity index is 708. The number of ether oxygens (including phenoxy) is 2. The standard InChI is InChI=1S/C17H15BrO4/c1-21-13-10-14(22-2)16(18)17(20)15(13)12(19)9-8-11-6-4-3-5-7-11/h3-10,20H,1-2H3/b9-8-. The number of aromatic hydroxyl groups is 1. The van der Waals surface area contributed by atoms with Crippen molar-refractivity contribution in [2.75, 3.05) is 14.2 Å². The summed E-state index contributed by atoms with van der Waals surface area (Å²) in [5.74, 6) is 0.0682. The van der Waals surface area contributed by atoms with Crippen molar-refractivity contribution in [2.24, 2.45) is 0 Å². The van der Waals surface area contributed by atoms with Crippen molar-refractivity contribution in [2.45, 2.75) is 0 Å². The van der Waals surface area contributed by atoms with Gasteiger partial charge in [0, 0.05) is 6.07 Å². The molecule has 0 aliphatic rings. The molecule has 0 saturated carbocycles. The first-order valence-corrected chi connectivity index (χ1v) is 7.28. The Hall–Kier alpha value is -2.27. The summed E-state index contributed by atoms with van der Waals surface area (Å²) in [6, 6.07) is 11.0. The van der Waals surface area contributed by atoms with Crippen LogP contribution in [-0.2, 0) is 0 Å². The molecule has 4 nitrogen and oxygen atoms in total. The molecule has 0 atom stereocenters. The number of hydrogen-bond donors (Lipinski definition) is 1. The maximum absolute atomic E-state index is 12.4. The van der Waals surface area contributed by atoms with Gasteiger partial charge < -0.3 is 14.6 Å². The number of hydrogen-bond acceptors (Lipinski definition) is 4. The average molecular weight is 363 g/mol. The minimum Gasteiger partial charge on any atom is -0.506 e. The molecule has 0 aliphatic carbocycles. The summed E-state index contributed by atoms with van der Waals surface area (Å²) in [6.45, 7) is 0. The normalized spacial score (nSPS) is 10.7. The van der Waals surface area contributed by atoms with Crippen molar-refractivity contribution in [1.29, 1.82) is 0 Å². The van der Waals surface area contributed by atoms with Crippen molar-refractivity contribution in [3.63, 3.8) is 0 Å². The fraction of sp³-hybridized carbons (Fsp3) is 0.118. The Balaban J connectivity index is 2.41. The van der Waals surface area contributed by atoms with E-state index in [0.717, 1.165) is 5.56 Å². The second-order valence-corrected chi connectivity index (χ2v) is 5.22. The lowest BCUT2D eigenvalue weighted by atomic mass is 10.1. The first-order valence-electron chi connectivity index (χ1n) is 6.49. The quantitative estimate of drug-likeness (QED) is 0.643. The van der Waals surface area contributed by atoms with Gasteiger partial charge in [-0.1, -0.05) is 36.4 Å². The molecular formula is C17H15BrO4. The van der Waals surface area contributed by atoms with Crippen molar-refractivity contribution in [1.82, 2.24) is 0 Å². The van der Waals surface area contributed by atoms with Crippen molar-refractivity contribution < 1.29 is 19.4 Å². The lowest BCUT2D eigenvalue weighted by molar-refractivity contribution is 0.104. The minimum atomic E-state index is -0.360. The van der Waals surface area contributed by atoms with E-state index < -0.39 is 0 Å². The van der Waals surface area contributed by atoms with Gasteiger partial charge in [-0.15, -0.1) is 0 Å². The average Bonchev–Trinajstić information content (AvgIpc) is 2.55. The maximum atomic E-state index is 12.4. The highest BCUT2D eigenvalue weighted by molar-refractivity contribution is 9.10. The fourth-order valence-electron chi connectivity index (χ4n) is 1.96. The van der Waals surface area contributed by atoms with Gasteiger partial charge in [-0.05, 0) is 27.6 Å². The van der Waals surface area contributed by atoms with Crippen LogP contribution in [0.4, 0.5) is 0 Å². The second kappa shape index (κ2) is 7.13. The Morgan fingerprint density at radius 2 is 1.77 bits per heavy atom. The van der Waals surface area contributed by atoms with Gasteiger partial charge >= 0.3 is 0 Å². The Morgan fingerprint density at radius 3 is 2.36 bits per heavy atom. The van der Waals surface area contributed by atoms with Gasteiger partial charge in [0.15, 0.2) is 5.78 Å². The van der Waals surface area contributed by atoms with Crippen LogP contribution in [0.2, 0.25) is 0 Å². The summed E-state index contributed by atoms with van der Waals surface area (Å²) in [5.41, 5.74) is 0.976. The summed E-state index contributed by atoms with van der Waals surface area (Å²) >= 11 is 3.21. The summed E-state index contributed by atoms with van der Waals surface area (Å²) in [5, 5.41) is 10.2. The van der Waals surface area contributed by atoms with E-state index in [1.807, 2.05) is 30.3 Å². The molecule has 0 unspecified atom stereocenters. The van der Waals surface area contributed by atoms with Gasteiger partial charge in [-0.3, -0.25) is 4.79 Å². The fourth-order valence-corrected chi connectivity index (χ4v) is 2.44. The van der Waals surface area contributed by atoms with Crippen molar-refractivity contribution in [3.8, 4) is 17.2 Å². The third kappa shape index (κ3) is 3.31. The zero-order valence-electron chi connectivity index (χ0n) is 12.2. The molecule has 0 fully saturated rings. The molecule has 0 amide bonds. The number of phenolic OH excluding ortho intramolecular Hbond substituents is 1. The third-order valence-corrected chi connectivity index (χ3v) is 3.85. The zero-order valence-corrected chi connectivity index (χ0v) is 13.8. The molecule has 114 valence electrons.